The van der Waals surface area contributed by atoms with E-state index in [1.165, 1.54) is 11.1 Å². The third-order valence-corrected chi connectivity index (χ3v) is 6.13. The monoisotopic (exact) mass is 400 g/mol. The fourth-order valence-electron chi connectivity index (χ4n) is 3.38. The zero-order chi connectivity index (χ0) is 18.8. The van der Waals surface area contributed by atoms with Crippen LogP contribution >= 0.6 is 23.6 Å². The molecule has 4 rings (SSSR count). The van der Waals surface area contributed by atoms with Crippen molar-refractivity contribution in [2.75, 3.05) is 26.2 Å². The molecule has 0 unspecified atom stereocenters. The van der Waals surface area contributed by atoms with Gasteiger partial charge in [-0.1, -0.05) is 12.1 Å². The molecule has 142 valence electrons. The number of rotatable bonds is 5. The van der Waals surface area contributed by atoms with Crippen molar-refractivity contribution in [2.45, 2.75) is 27.1 Å². The average Bonchev–Trinajstić information content (AvgIpc) is 3.29. The molecule has 0 saturated carbocycles. The Balaban J connectivity index is 1.40. The Bertz CT molecular complexity index is 951. The number of benzene rings is 1. The van der Waals surface area contributed by atoms with E-state index < -0.39 is 0 Å². The first-order valence-electron chi connectivity index (χ1n) is 9.16. The quantitative estimate of drug-likeness (QED) is 0.615. The van der Waals surface area contributed by atoms with Crippen LogP contribution in [0.2, 0.25) is 0 Å². The van der Waals surface area contributed by atoms with Gasteiger partial charge >= 0.3 is 0 Å². The minimum Gasteiger partial charge on any atom is -0.297 e. The van der Waals surface area contributed by atoms with Gasteiger partial charge in [0.15, 0.2) is 0 Å². The van der Waals surface area contributed by atoms with E-state index in [4.69, 9.17) is 12.2 Å². The normalized spacial score (nSPS) is 16.1. The molecule has 1 aliphatic rings. The van der Waals surface area contributed by atoms with E-state index >= 15 is 0 Å². The third-order valence-electron chi connectivity index (χ3n) is 5.02. The van der Waals surface area contributed by atoms with Crippen molar-refractivity contribution in [3.05, 3.63) is 56.5 Å². The van der Waals surface area contributed by atoms with Crippen LogP contribution in [0, 0.1) is 18.6 Å². The molecule has 1 aliphatic heterocycles. The molecule has 0 N–H and O–H groups in total. The highest BCUT2D eigenvalue weighted by molar-refractivity contribution is 7.71. The predicted molar refractivity (Wildman–Crippen MR) is 111 cm³/mol. The number of thiophene rings is 1. The maximum absolute atomic E-state index is 5.64. The first kappa shape index (κ1) is 18.5. The van der Waals surface area contributed by atoms with E-state index in [9.17, 15) is 0 Å². The standard InChI is InChI=1S/C19H24N6S2/c1-15-3-4-16(2)18(11-15)25-19(26)24(20-21-25)14-23-8-6-22(7-9-23)12-17-5-10-27-13-17/h3-5,10-11,13H,6-9,12,14H2,1-2H3. The van der Waals surface area contributed by atoms with Gasteiger partial charge in [0, 0.05) is 32.7 Å². The lowest BCUT2D eigenvalue weighted by Crippen LogP contribution is -2.46. The SMILES string of the molecule is Cc1ccc(C)c(-n2nnn(CN3CCN(Cc4ccsc4)CC3)c2=S)c1. The van der Waals surface area contributed by atoms with Crippen molar-refractivity contribution < 1.29 is 0 Å². The third kappa shape index (κ3) is 4.19. The summed E-state index contributed by atoms with van der Waals surface area (Å²) in [7, 11) is 0. The summed E-state index contributed by atoms with van der Waals surface area (Å²) in [6, 6.07) is 8.51. The summed E-state index contributed by atoms with van der Waals surface area (Å²) < 4.78 is 4.24. The van der Waals surface area contributed by atoms with Crippen LogP contribution < -0.4 is 0 Å². The van der Waals surface area contributed by atoms with E-state index in [0.29, 0.717) is 11.4 Å². The lowest BCUT2D eigenvalue weighted by Gasteiger charge is -2.34. The number of nitrogens with zero attached hydrogens (tertiary/aromatic N) is 6. The van der Waals surface area contributed by atoms with Crippen LogP contribution in [0.15, 0.2) is 35.0 Å². The maximum atomic E-state index is 5.64. The largest absolute Gasteiger partial charge is 0.297 e. The lowest BCUT2D eigenvalue weighted by atomic mass is 10.1. The molecule has 6 nitrogen and oxygen atoms in total. The van der Waals surface area contributed by atoms with E-state index in [0.717, 1.165) is 44.0 Å². The van der Waals surface area contributed by atoms with Crippen LogP contribution in [0.5, 0.6) is 0 Å². The first-order valence-corrected chi connectivity index (χ1v) is 10.5. The van der Waals surface area contributed by atoms with Gasteiger partial charge in [-0.3, -0.25) is 9.80 Å². The van der Waals surface area contributed by atoms with Crippen LogP contribution in [0.3, 0.4) is 0 Å². The molecule has 3 aromatic rings. The number of hydrogen-bond donors (Lipinski definition) is 0. The van der Waals surface area contributed by atoms with Crippen molar-refractivity contribution in [3.8, 4) is 5.69 Å². The molecule has 0 amide bonds. The molecular weight excluding hydrogens is 376 g/mol. The minimum atomic E-state index is 0.643. The number of tetrazole rings is 1. The summed E-state index contributed by atoms with van der Waals surface area (Å²) >= 11 is 7.41. The Hall–Kier alpha value is -1.87. The number of hydrogen-bond acceptors (Lipinski definition) is 6. The molecule has 0 radical (unpaired) electrons. The maximum Gasteiger partial charge on any atom is 0.221 e. The number of aromatic nitrogens is 4. The Morgan fingerprint density at radius 2 is 1.81 bits per heavy atom. The minimum absolute atomic E-state index is 0.643. The van der Waals surface area contributed by atoms with Gasteiger partial charge in [0.1, 0.15) is 0 Å². The van der Waals surface area contributed by atoms with E-state index in [1.54, 1.807) is 16.0 Å². The van der Waals surface area contributed by atoms with Crippen molar-refractivity contribution in [1.29, 1.82) is 0 Å². The van der Waals surface area contributed by atoms with Crippen LogP contribution in [0.4, 0.5) is 0 Å². The second kappa shape index (κ2) is 8.02. The zero-order valence-electron chi connectivity index (χ0n) is 15.7. The van der Waals surface area contributed by atoms with Gasteiger partial charge in [-0.05, 0) is 76.1 Å². The molecule has 2 aromatic heterocycles. The number of piperazine rings is 1. The first-order chi connectivity index (χ1) is 13.1. The highest BCUT2D eigenvalue weighted by Crippen LogP contribution is 2.16. The summed E-state index contributed by atoms with van der Waals surface area (Å²) in [5.74, 6) is 0. The Kier molecular flexibility index (Phi) is 5.49. The van der Waals surface area contributed by atoms with Crippen molar-refractivity contribution in [3.63, 3.8) is 0 Å². The molecule has 0 aliphatic carbocycles. The Morgan fingerprint density at radius 3 is 2.56 bits per heavy atom. The summed E-state index contributed by atoms with van der Waals surface area (Å²) in [4.78, 5) is 4.90. The van der Waals surface area contributed by atoms with Crippen LogP contribution in [-0.4, -0.2) is 55.8 Å². The fourth-order valence-corrected chi connectivity index (χ4v) is 4.27. The van der Waals surface area contributed by atoms with E-state index in [2.05, 4.69) is 69.1 Å². The van der Waals surface area contributed by atoms with E-state index in [1.807, 2.05) is 4.68 Å². The molecule has 3 heterocycles. The molecule has 1 aromatic carbocycles. The zero-order valence-corrected chi connectivity index (χ0v) is 17.3. The topological polar surface area (TPSA) is 42.1 Å². The van der Waals surface area contributed by atoms with Gasteiger partial charge in [0.25, 0.3) is 0 Å². The molecule has 8 heteroatoms. The van der Waals surface area contributed by atoms with E-state index in [-0.39, 0.29) is 0 Å². The van der Waals surface area contributed by atoms with Gasteiger partial charge in [0.05, 0.1) is 12.4 Å². The van der Waals surface area contributed by atoms with Gasteiger partial charge in [0.2, 0.25) is 4.77 Å². The van der Waals surface area contributed by atoms with Gasteiger partial charge in [-0.25, -0.2) is 4.68 Å². The summed E-state index contributed by atoms with van der Waals surface area (Å²) in [6.45, 7) is 10.0. The second-order valence-electron chi connectivity index (χ2n) is 7.13. The molecule has 1 fully saturated rings. The fraction of sp³-hybridized carbons (Fsp3) is 0.421. The average molecular weight is 401 g/mol. The van der Waals surface area contributed by atoms with Crippen molar-refractivity contribution in [1.82, 2.24) is 29.6 Å². The van der Waals surface area contributed by atoms with Crippen LogP contribution in [-0.2, 0) is 13.2 Å². The van der Waals surface area contributed by atoms with Gasteiger partial charge in [-0.2, -0.15) is 16.0 Å². The predicted octanol–water partition coefficient (Wildman–Crippen LogP) is 3.25. The molecule has 0 spiro atoms. The van der Waals surface area contributed by atoms with Gasteiger partial charge < -0.3 is 0 Å². The number of aryl methyl sites for hydroxylation is 2. The lowest BCUT2D eigenvalue weighted by molar-refractivity contribution is 0.0976. The second-order valence-corrected chi connectivity index (χ2v) is 8.28. The molecule has 1 saturated heterocycles. The highest BCUT2D eigenvalue weighted by Gasteiger charge is 2.18. The van der Waals surface area contributed by atoms with Crippen molar-refractivity contribution in [2.24, 2.45) is 0 Å². The molecule has 0 bridgehead atoms. The van der Waals surface area contributed by atoms with Crippen LogP contribution in [0.25, 0.3) is 5.69 Å². The summed E-state index contributed by atoms with van der Waals surface area (Å²) in [6.07, 6.45) is 0. The Morgan fingerprint density at radius 1 is 1.04 bits per heavy atom. The highest BCUT2D eigenvalue weighted by atomic mass is 32.1. The van der Waals surface area contributed by atoms with Crippen molar-refractivity contribution >= 4 is 23.6 Å². The summed E-state index contributed by atoms with van der Waals surface area (Å²) in [5.41, 5.74) is 4.75. The Labute approximate surface area is 168 Å². The smallest absolute Gasteiger partial charge is 0.221 e. The van der Waals surface area contributed by atoms with Crippen LogP contribution in [0.1, 0.15) is 16.7 Å². The molecular formula is C19H24N6S2. The van der Waals surface area contributed by atoms with Gasteiger partial charge in [-0.15, -0.1) is 0 Å². The molecule has 0 atom stereocenters. The summed E-state index contributed by atoms with van der Waals surface area (Å²) in [5, 5.41) is 13.0. The molecule has 27 heavy (non-hydrogen) atoms.